The molecule has 19 nitrogen and oxygen atoms in total. The van der Waals surface area contributed by atoms with Crippen LogP contribution in [0.5, 0.6) is 0 Å². The summed E-state index contributed by atoms with van der Waals surface area (Å²) >= 11 is 0. The molecule has 5 saturated heterocycles. The number of Topliss-reactive ketones (excluding diaryl/α,β-unsaturated/α-hetero) is 1. The summed E-state index contributed by atoms with van der Waals surface area (Å²) in [4.78, 5) is 14.7. The van der Waals surface area contributed by atoms with Crippen LogP contribution in [0.3, 0.4) is 0 Å². The first kappa shape index (κ1) is 47.0. The van der Waals surface area contributed by atoms with Crippen molar-refractivity contribution >= 4 is 5.78 Å². The first-order chi connectivity index (χ1) is 29.9. The van der Waals surface area contributed by atoms with Crippen LogP contribution in [-0.4, -0.2) is 193 Å². The molecule has 0 aromatic heterocycles. The van der Waals surface area contributed by atoms with E-state index in [1.807, 2.05) is 6.92 Å². The molecule has 0 amide bonds. The van der Waals surface area contributed by atoms with Crippen LogP contribution in [0.1, 0.15) is 79.1 Å². The summed E-state index contributed by atoms with van der Waals surface area (Å²) in [6, 6.07) is 0. The molecule has 0 radical (unpaired) electrons. The van der Waals surface area contributed by atoms with Crippen molar-refractivity contribution in [3.63, 3.8) is 0 Å². The van der Waals surface area contributed by atoms with Gasteiger partial charge in [-0.25, -0.2) is 0 Å². The van der Waals surface area contributed by atoms with Crippen LogP contribution in [0.2, 0.25) is 0 Å². The molecule has 10 N–H and O–H groups in total. The van der Waals surface area contributed by atoms with Crippen LogP contribution >= 0.6 is 0 Å². The summed E-state index contributed by atoms with van der Waals surface area (Å²) in [5.74, 6) is 0.145. The second-order valence-electron chi connectivity index (χ2n) is 21.0. The van der Waals surface area contributed by atoms with Crippen LogP contribution < -0.4 is 0 Å². The predicted molar refractivity (Wildman–Crippen MR) is 211 cm³/mol. The molecule has 3 unspecified atom stereocenters. The minimum absolute atomic E-state index is 0.00136. The Balaban J connectivity index is 0.928. The smallest absolute Gasteiger partial charge is 0.187 e. The van der Waals surface area contributed by atoms with Crippen molar-refractivity contribution in [2.75, 3.05) is 26.4 Å². The lowest BCUT2D eigenvalue weighted by molar-refractivity contribution is -0.392. The van der Waals surface area contributed by atoms with Gasteiger partial charge in [0.25, 0.3) is 0 Å². The second kappa shape index (κ2) is 17.5. The highest BCUT2D eigenvalue weighted by atomic mass is 16.8. The maximum Gasteiger partial charge on any atom is 0.187 e. The maximum atomic E-state index is 14.7. The molecule has 360 valence electrons. The molecule has 9 rings (SSSR count). The fourth-order valence-electron chi connectivity index (χ4n) is 14.1. The fourth-order valence-corrected chi connectivity index (χ4v) is 14.1. The number of fused-ring (bicyclic) bond motifs is 7. The molecule has 9 aliphatic rings. The van der Waals surface area contributed by atoms with Gasteiger partial charge in [-0.05, 0) is 67.6 Å². The highest BCUT2D eigenvalue weighted by molar-refractivity contribution is 5.87. The molecule has 63 heavy (non-hydrogen) atoms. The number of ether oxygens (including phenoxy) is 8. The molecule has 9 fully saturated rings. The highest BCUT2D eigenvalue weighted by Crippen LogP contribution is 2.70. The Labute approximate surface area is 366 Å². The quantitative estimate of drug-likeness (QED) is 0.119. The summed E-state index contributed by atoms with van der Waals surface area (Å²) < 4.78 is 49.5. The molecule has 0 aromatic carbocycles. The van der Waals surface area contributed by atoms with Gasteiger partial charge in [-0.15, -0.1) is 0 Å². The van der Waals surface area contributed by atoms with Crippen molar-refractivity contribution in [2.24, 2.45) is 52.3 Å². The van der Waals surface area contributed by atoms with E-state index >= 15 is 0 Å². The topological polar surface area (TPSA) is 293 Å². The average Bonchev–Trinajstić information content (AvgIpc) is 3.71. The Bertz CT molecular complexity index is 1640. The van der Waals surface area contributed by atoms with E-state index < -0.39 is 129 Å². The lowest BCUT2D eigenvalue weighted by Gasteiger charge is -2.61. The number of hydrogen-bond donors (Lipinski definition) is 10. The Morgan fingerprint density at radius 2 is 1.38 bits per heavy atom. The third kappa shape index (κ3) is 7.60. The van der Waals surface area contributed by atoms with Crippen LogP contribution in [0, 0.1) is 52.3 Å². The predicted octanol–water partition coefficient (Wildman–Crippen LogP) is -1.94. The van der Waals surface area contributed by atoms with E-state index in [1.54, 1.807) is 0 Å². The molecule has 1 spiro atoms. The third-order valence-electron chi connectivity index (χ3n) is 17.9. The number of rotatable bonds is 8. The first-order valence-electron chi connectivity index (χ1n) is 23.3. The van der Waals surface area contributed by atoms with Gasteiger partial charge in [0.15, 0.2) is 24.7 Å². The first-order valence-corrected chi connectivity index (χ1v) is 23.3. The average molecular weight is 903 g/mol. The number of carbonyl (C=O) groups excluding carboxylic acids is 1. The number of carbonyl (C=O) groups is 1. The van der Waals surface area contributed by atoms with E-state index in [-0.39, 0.29) is 52.8 Å². The highest BCUT2D eigenvalue weighted by Gasteiger charge is 2.72. The van der Waals surface area contributed by atoms with Gasteiger partial charge in [0.2, 0.25) is 0 Å². The van der Waals surface area contributed by atoms with Crippen molar-refractivity contribution in [3.05, 3.63) is 0 Å². The summed E-state index contributed by atoms with van der Waals surface area (Å²) in [6.45, 7) is 7.12. The van der Waals surface area contributed by atoms with Gasteiger partial charge < -0.3 is 89.0 Å². The number of aliphatic hydroxyl groups is 10. The van der Waals surface area contributed by atoms with Gasteiger partial charge in [0, 0.05) is 36.0 Å². The van der Waals surface area contributed by atoms with Crippen molar-refractivity contribution in [1.82, 2.24) is 0 Å². The standard InChI is InChI=1S/C44H70O19/c1-17-15-57-44(12-24(17)47)18(2)30-26(63-44)10-23-21-6-5-19-9-20(7-8-42(19,3)22(21)11-29(49)43(23,30)4)58-41-38(62-40-36(55)34(53)32(51)27(13-45)59-40)37(33(52)28(14-46)60-41)61-39-35(54)31(50)25(48)16-56-39/h17-28,30-41,45-48,50-55H,5-16H2,1-4H3/t17?,18-,19+,20?,21+,22-,23-,24?,25+,26-,27+,28+,30-,31-,32+,33-,34-,35+,36+,37-,38+,39-,40-,41+,42-,43+,44+/m0/s1. The Hall–Kier alpha value is -1.05. The zero-order chi connectivity index (χ0) is 45.1. The van der Waals surface area contributed by atoms with E-state index in [2.05, 4.69) is 20.8 Å². The van der Waals surface area contributed by atoms with Gasteiger partial charge in [-0.2, -0.15) is 0 Å². The lowest BCUT2D eigenvalue weighted by Crippen LogP contribution is -2.67. The van der Waals surface area contributed by atoms with Crippen LogP contribution in [0.25, 0.3) is 0 Å². The maximum absolute atomic E-state index is 14.7. The number of ketones is 1. The van der Waals surface area contributed by atoms with Gasteiger partial charge in [-0.3, -0.25) is 4.79 Å². The molecule has 0 bridgehead atoms. The summed E-state index contributed by atoms with van der Waals surface area (Å²) in [7, 11) is 0. The summed E-state index contributed by atoms with van der Waals surface area (Å²) in [6.07, 6.45) is -18.2. The second-order valence-corrected chi connectivity index (χ2v) is 21.0. The van der Waals surface area contributed by atoms with E-state index in [0.717, 1.165) is 25.7 Å². The Morgan fingerprint density at radius 3 is 2.10 bits per heavy atom. The summed E-state index contributed by atoms with van der Waals surface area (Å²) in [5, 5.41) is 106. The van der Waals surface area contributed by atoms with Gasteiger partial charge in [-0.1, -0.05) is 27.7 Å². The van der Waals surface area contributed by atoms with Gasteiger partial charge in [0.05, 0.1) is 44.7 Å². The fraction of sp³-hybridized carbons (Fsp3) is 0.977. The van der Waals surface area contributed by atoms with Crippen molar-refractivity contribution < 1.29 is 93.8 Å². The van der Waals surface area contributed by atoms with E-state index in [9.17, 15) is 55.9 Å². The molecule has 5 heterocycles. The SMILES string of the molecule is CC1CO[C@]2(CC1O)O[C@H]1C[C@H]3[C@@H]4CC[C@@H]5CC(O[C@@H]6O[C@H](CO)[C@H](O)[C@H](O[C@@H]7OC[C@@H](O)[C@H](O)[C@H]7O)[C@H]6O[C@@H]6O[C@H](CO)[C@@H](O)[C@H](O)[C@H]6O)CC[C@]5(C)[C@H]4CC(=O)[C@]3(C)[C@H]1[C@@H]2C. The molecular formula is C44H70O19. The van der Waals surface area contributed by atoms with E-state index in [4.69, 9.17) is 37.9 Å². The molecule has 4 saturated carbocycles. The minimum atomic E-state index is -1.86. The monoisotopic (exact) mass is 902 g/mol. The summed E-state index contributed by atoms with van der Waals surface area (Å²) in [5.41, 5.74) is -0.750. The van der Waals surface area contributed by atoms with Gasteiger partial charge in [0.1, 0.15) is 72.9 Å². The Kier molecular flexibility index (Phi) is 13.0. The molecule has 4 aliphatic carbocycles. The van der Waals surface area contributed by atoms with Crippen LogP contribution in [-0.2, 0) is 42.7 Å². The Morgan fingerprint density at radius 1 is 0.698 bits per heavy atom. The number of hydrogen-bond acceptors (Lipinski definition) is 19. The van der Waals surface area contributed by atoms with Crippen LogP contribution in [0.4, 0.5) is 0 Å². The zero-order valence-electron chi connectivity index (χ0n) is 36.5. The van der Waals surface area contributed by atoms with Crippen molar-refractivity contribution in [1.29, 1.82) is 0 Å². The van der Waals surface area contributed by atoms with Crippen molar-refractivity contribution in [2.45, 2.75) is 189 Å². The minimum Gasteiger partial charge on any atom is -0.394 e. The molecule has 27 atom stereocenters. The normalized spacial score (nSPS) is 58.2. The lowest BCUT2D eigenvalue weighted by atomic mass is 9.44. The van der Waals surface area contributed by atoms with Crippen molar-refractivity contribution in [3.8, 4) is 0 Å². The third-order valence-corrected chi connectivity index (χ3v) is 17.9. The largest absolute Gasteiger partial charge is 0.394 e. The van der Waals surface area contributed by atoms with E-state index in [0.29, 0.717) is 38.2 Å². The molecule has 19 heteroatoms. The van der Waals surface area contributed by atoms with Gasteiger partial charge >= 0.3 is 0 Å². The van der Waals surface area contributed by atoms with E-state index in [1.165, 1.54) is 0 Å². The molecular weight excluding hydrogens is 832 g/mol. The molecule has 0 aromatic rings. The van der Waals surface area contributed by atoms with Crippen LogP contribution in [0.15, 0.2) is 0 Å². The zero-order valence-corrected chi connectivity index (χ0v) is 36.5. The number of aliphatic hydroxyl groups excluding tert-OH is 10. The molecule has 5 aliphatic heterocycles.